The molecule has 0 saturated heterocycles. The number of carbonyl (C=O) groups is 2. The minimum Gasteiger partial charge on any atom is -0.507 e. The Kier molecular flexibility index (Phi) is 7.41. The largest absolute Gasteiger partial charge is 0.507 e. The summed E-state index contributed by atoms with van der Waals surface area (Å²) in [6.07, 6.45) is 0.350. The van der Waals surface area contributed by atoms with Crippen LogP contribution in [0.3, 0.4) is 0 Å². The number of nitrogens with one attached hydrogen (secondary N) is 1. The van der Waals surface area contributed by atoms with Crippen molar-refractivity contribution < 1.29 is 19.6 Å². The summed E-state index contributed by atoms with van der Waals surface area (Å²) in [7, 11) is 0. The van der Waals surface area contributed by atoms with Crippen molar-refractivity contribution in [1.82, 2.24) is 0 Å². The lowest BCUT2D eigenvalue weighted by atomic mass is 9.88. The van der Waals surface area contributed by atoms with Gasteiger partial charge < -0.3 is 16.2 Å². The highest BCUT2D eigenvalue weighted by atomic mass is 35.5. The molecule has 0 fully saturated rings. The fraction of sp³-hybridized carbons (Fsp3) is 0.263. The second-order valence-electron chi connectivity index (χ2n) is 6.60. The van der Waals surface area contributed by atoms with Gasteiger partial charge in [-0.3, -0.25) is 19.7 Å². The van der Waals surface area contributed by atoms with Crippen LogP contribution in [0.5, 0.6) is 5.75 Å². The van der Waals surface area contributed by atoms with Crippen LogP contribution in [0.25, 0.3) is 0 Å². The lowest BCUT2D eigenvalue weighted by molar-refractivity contribution is -0.384. The minimum absolute atomic E-state index is 0.0141. The van der Waals surface area contributed by atoms with E-state index in [2.05, 4.69) is 5.32 Å². The van der Waals surface area contributed by atoms with E-state index < -0.39 is 22.7 Å². The van der Waals surface area contributed by atoms with Gasteiger partial charge in [-0.25, -0.2) is 0 Å². The fourth-order valence-corrected chi connectivity index (χ4v) is 3.11. The molecule has 2 amide bonds. The fourth-order valence-electron chi connectivity index (χ4n) is 2.77. The zero-order valence-corrected chi connectivity index (χ0v) is 16.9. The number of alkyl halides is 1. The van der Waals surface area contributed by atoms with E-state index in [1.165, 1.54) is 30.3 Å². The van der Waals surface area contributed by atoms with E-state index in [9.17, 15) is 24.8 Å². The van der Waals surface area contributed by atoms with Crippen molar-refractivity contribution in [2.45, 2.75) is 19.3 Å². The van der Waals surface area contributed by atoms with E-state index in [1.54, 1.807) is 0 Å². The average Bonchev–Trinajstić information content (AvgIpc) is 2.67. The van der Waals surface area contributed by atoms with Gasteiger partial charge in [0.1, 0.15) is 5.75 Å². The number of nitrogens with zero attached hydrogens (tertiary/aromatic N) is 1. The number of amides is 2. The van der Waals surface area contributed by atoms with Crippen molar-refractivity contribution in [3.63, 3.8) is 0 Å². The third-order valence-electron chi connectivity index (χ3n) is 4.33. The molecule has 0 spiro atoms. The van der Waals surface area contributed by atoms with Crippen LogP contribution in [0.4, 0.5) is 11.4 Å². The summed E-state index contributed by atoms with van der Waals surface area (Å²) in [5.74, 6) is -2.02. The summed E-state index contributed by atoms with van der Waals surface area (Å²) in [6, 6.07) is 7.87. The van der Waals surface area contributed by atoms with Crippen LogP contribution in [0.1, 0.15) is 35.2 Å². The number of aromatic hydroxyl groups is 1. The first-order chi connectivity index (χ1) is 13.6. The van der Waals surface area contributed by atoms with E-state index in [-0.39, 0.29) is 33.6 Å². The van der Waals surface area contributed by atoms with Crippen molar-refractivity contribution in [2.24, 2.45) is 11.7 Å². The van der Waals surface area contributed by atoms with Crippen LogP contribution in [-0.4, -0.2) is 27.7 Å². The zero-order chi connectivity index (χ0) is 21.7. The molecular weight excluding hydrogens is 421 g/mol. The maximum atomic E-state index is 13.0. The van der Waals surface area contributed by atoms with Gasteiger partial charge in [0.15, 0.2) is 0 Å². The molecule has 2 rings (SSSR count). The van der Waals surface area contributed by atoms with E-state index in [4.69, 9.17) is 28.9 Å². The van der Waals surface area contributed by atoms with Crippen molar-refractivity contribution in [3.05, 3.63) is 62.7 Å². The van der Waals surface area contributed by atoms with Gasteiger partial charge in [-0.15, -0.1) is 11.6 Å². The second-order valence-corrected chi connectivity index (χ2v) is 7.31. The Balaban J connectivity index is 2.37. The first-order valence-corrected chi connectivity index (χ1v) is 9.48. The summed E-state index contributed by atoms with van der Waals surface area (Å²) in [6.45, 7) is 1.86. The number of nitro groups is 1. The first-order valence-electron chi connectivity index (χ1n) is 8.57. The van der Waals surface area contributed by atoms with Crippen molar-refractivity contribution in [3.8, 4) is 5.75 Å². The molecule has 29 heavy (non-hydrogen) atoms. The molecule has 2 aromatic carbocycles. The number of hydrogen-bond acceptors (Lipinski definition) is 5. The molecule has 2 unspecified atom stereocenters. The molecule has 2 aromatic rings. The predicted molar refractivity (Wildman–Crippen MR) is 111 cm³/mol. The number of non-ortho nitro benzene ring substituents is 1. The molecule has 10 heteroatoms. The maximum absolute atomic E-state index is 13.0. The molecular formula is C19H19Cl2N3O5. The first kappa shape index (κ1) is 22.4. The number of nitrogens with two attached hydrogens (primary N) is 1. The molecule has 0 heterocycles. The summed E-state index contributed by atoms with van der Waals surface area (Å²) in [4.78, 5) is 34.8. The quantitative estimate of drug-likeness (QED) is 0.323. The third kappa shape index (κ3) is 5.58. The Morgan fingerprint density at radius 3 is 2.52 bits per heavy atom. The van der Waals surface area contributed by atoms with Gasteiger partial charge in [-0.1, -0.05) is 24.6 Å². The Labute approximate surface area is 176 Å². The molecule has 2 atom stereocenters. The number of carbonyl (C=O) groups excluding carboxylic acids is 2. The molecule has 8 nitrogen and oxygen atoms in total. The van der Waals surface area contributed by atoms with E-state index in [1.807, 2.05) is 6.92 Å². The van der Waals surface area contributed by atoms with Crippen LogP contribution in [0, 0.1) is 16.0 Å². The highest BCUT2D eigenvalue weighted by molar-refractivity contribution is 6.34. The molecule has 0 bridgehead atoms. The number of rotatable bonds is 8. The van der Waals surface area contributed by atoms with Crippen molar-refractivity contribution >= 4 is 46.4 Å². The Morgan fingerprint density at radius 2 is 1.97 bits per heavy atom. The minimum atomic E-state index is -0.827. The highest BCUT2D eigenvalue weighted by Gasteiger charge is 2.25. The van der Waals surface area contributed by atoms with Gasteiger partial charge in [0.25, 0.3) is 11.6 Å². The van der Waals surface area contributed by atoms with Crippen molar-refractivity contribution in [2.75, 3.05) is 11.2 Å². The van der Waals surface area contributed by atoms with Gasteiger partial charge in [0.2, 0.25) is 5.91 Å². The van der Waals surface area contributed by atoms with Gasteiger partial charge >= 0.3 is 0 Å². The Bertz CT molecular complexity index is 951. The maximum Gasteiger partial charge on any atom is 0.271 e. The third-order valence-corrected chi connectivity index (χ3v) is 5.17. The zero-order valence-electron chi connectivity index (χ0n) is 15.4. The number of primary amides is 1. The van der Waals surface area contributed by atoms with Gasteiger partial charge in [0, 0.05) is 18.0 Å². The molecule has 0 radical (unpaired) electrons. The van der Waals surface area contributed by atoms with Crippen molar-refractivity contribution in [1.29, 1.82) is 0 Å². The van der Waals surface area contributed by atoms with Gasteiger partial charge in [-0.05, 0) is 36.1 Å². The standard InChI is InChI=1S/C19H19Cl2N3O5/c1-10(9-20)6-13(11-2-5-17(25)14(7-11)18(22)26)19(27)23-16-4-3-12(24(28)29)8-15(16)21/h2-5,7-8,10,13,25H,6,9H2,1H3,(H2,22,26)(H,23,27). The molecule has 0 aromatic heterocycles. The number of anilines is 1. The van der Waals surface area contributed by atoms with Crippen LogP contribution >= 0.6 is 23.2 Å². The molecule has 4 N–H and O–H groups in total. The number of phenols is 1. The normalized spacial score (nSPS) is 12.8. The molecule has 0 aliphatic carbocycles. The number of hydrogen-bond donors (Lipinski definition) is 3. The monoisotopic (exact) mass is 439 g/mol. The van der Waals surface area contributed by atoms with Crippen LogP contribution < -0.4 is 11.1 Å². The summed E-state index contributed by atoms with van der Waals surface area (Å²) in [5, 5.41) is 23.3. The number of nitro benzene ring substituents is 1. The topological polar surface area (TPSA) is 136 Å². The highest BCUT2D eigenvalue weighted by Crippen LogP contribution is 2.32. The predicted octanol–water partition coefficient (Wildman–Crippen LogP) is 4.04. The van der Waals surface area contributed by atoms with E-state index in [0.717, 1.165) is 6.07 Å². The molecule has 154 valence electrons. The summed E-state index contributed by atoms with van der Waals surface area (Å²) in [5.41, 5.74) is 5.64. The SMILES string of the molecule is CC(CCl)CC(C(=O)Nc1ccc([N+](=O)[O-])cc1Cl)c1ccc(O)c(C(N)=O)c1. The molecule has 0 aliphatic rings. The van der Waals surface area contributed by atoms with Crippen LogP contribution in [0.2, 0.25) is 5.02 Å². The Morgan fingerprint density at radius 1 is 1.28 bits per heavy atom. The van der Waals surface area contributed by atoms with Crippen LogP contribution in [-0.2, 0) is 4.79 Å². The second kappa shape index (κ2) is 9.58. The van der Waals surface area contributed by atoms with Gasteiger partial charge in [-0.2, -0.15) is 0 Å². The lowest BCUT2D eigenvalue weighted by Crippen LogP contribution is -2.24. The van der Waals surface area contributed by atoms with Gasteiger partial charge in [0.05, 0.1) is 27.1 Å². The molecule has 0 aliphatic heterocycles. The molecule has 0 saturated carbocycles. The van der Waals surface area contributed by atoms with E-state index >= 15 is 0 Å². The summed E-state index contributed by atoms with van der Waals surface area (Å²) < 4.78 is 0. The number of halogens is 2. The lowest BCUT2D eigenvalue weighted by Gasteiger charge is -2.21. The smallest absolute Gasteiger partial charge is 0.271 e. The Hall–Kier alpha value is -2.84. The summed E-state index contributed by atoms with van der Waals surface area (Å²) >= 11 is 12.0. The average molecular weight is 440 g/mol. The number of benzene rings is 2. The van der Waals surface area contributed by atoms with E-state index in [0.29, 0.717) is 17.9 Å². The van der Waals surface area contributed by atoms with Crippen LogP contribution in [0.15, 0.2) is 36.4 Å².